The molecular formula is C18H15FN4O. The molecule has 0 radical (unpaired) electrons. The Kier molecular flexibility index (Phi) is 4.52. The van der Waals surface area contributed by atoms with Crippen molar-refractivity contribution in [1.82, 2.24) is 15.0 Å². The van der Waals surface area contributed by atoms with Gasteiger partial charge in [0.15, 0.2) is 5.52 Å². The zero-order chi connectivity index (χ0) is 16.9. The first kappa shape index (κ1) is 15.7. The van der Waals surface area contributed by atoms with Gasteiger partial charge in [-0.05, 0) is 42.8 Å². The third kappa shape index (κ3) is 3.41. The summed E-state index contributed by atoms with van der Waals surface area (Å²) in [6.07, 6.45) is 4.27. The van der Waals surface area contributed by atoms with E-state index in [2.05, 4.69) is 27.0 Å². The van der Waals surface area contributed by atoms with E-state index in [4.69, 9.17) is 10.5 Å². The van der Waals surface area contributed by atoms with Gasteiger partial charge in [-0.25, -0.2) is 14.4 Å². The number of nitrogens with zero attached hydrogens (tertiary/aromatic N) is 3. The Bertz CT molecular complexity index is 929. The van der Waals surface area contributed by atoms with Crippen molar-refractivity contribution in [3.8, 4) is 29.2 Å². The van der Waals surface area contributed by atoms with Crippen molar-refractivity contribution in [1.29, 1.82) is 0 Å². The van der Waals surface area contributed by atoms with Gasteiger partial charge in [0.2, 0.25) is 5.95 Å². The van der Waals surface area contributed by atoms with Crippen molar-refractivity contribution in [2.75, 3.05) is 5.73 Å². The molecule has 0 spiro atoms. The average molecular weight is 322 g/mol. The number of halogens is 1. The summed E-state index contributed by atoms with van der Waals surface area (Å²) < 4.78 is 18.5. The van der Waals surface area contributed by atoms with Gasteiger partial charge < -0.3 is 10.5 Å². The highest BCUT2D eigenvalue weighted by Gasteiger charge is 2.11. The van der Waals surface area contributed by atoms with Crippen LogP contribution >= 0.6 is 0 Å². The molecule has 0 saturated carbocycles. The third-order valence-electron chi connectivity index (χ3n) is 3.26. The van der Waals surface area contributed by atoms with E-state index >= 15 is 0 Å². The van der Waals surface area contributed by atoms with E-state index in [0.29, 0.717) is 16.7 Å². The molecule has 2 heterocycles. The highest BCUT2D eigenvalue weighted by molar-refractivity contribution is 5.83. The molecule has 0 fully saturated rings. The summed E-state index contributed by atoms with van der Waals surface area (Å²) >= 11 is 0. The number of nitrogens with two attached hydrogens (primary N) is 1. The Morgan fingerprint density at radius 1 is 1.08 bits per heavy atom. The molecule has 0 aliphatic rings. The van der Waals surface area contributed by atoms with Crippen molar-refractivity contribution in [3.63, 3.8) is 0 Å². The zero-order valence-corrected chi connectivity index (χ0v) is 13.1. The van der Waals surface area contributed by atoms with Crippen molar-refractivity contribution in [3.05, 3.63) is 42.2 Å². The molecule has 0 unspecified atom stereocenters. The number of aromatic nitrogens is 3. The van der Waals surface area contributed by atoms with Crippen LogP contribution in [0.15, 0.2) is 36.4 Å². The van der Waals surface area contributed by atoms with E-state index < -0.39 is 0 Å². The highest BCUT2D eigenvalue weighted by atomic mass is 19.1. The number of hydrogen-bond acceptors (Lipinski definition) is 5. The van der Waals surface area contributed by atoms with Gasteiger partial charge in [-0.1, -0.05) is 12.8 Å². The number of anilines is 1. The van der Waals surface area contributed by atoms with E-state index in [9.17, 15) is 4.39 Å². The minimum atomic E-state index is -0.300. The van der Waals surface area contributed by atoms with Gasteiger partial charge in [-0.2, -0.15) is 4.98 Å². The maximum Gasteiger partial charge on any atom is 0.262 e. The van der Waals surface area contributed by atoms with Crippen molar-refractivity contribution < 1.29 is 9.13 Å². The summed E-state index contributed by atoms with van der Waals surface area (Å²) in [6.45, 7) is 2.03. The predicted molar refractivity (Wildman–Crippen MR) is 90.5 cm³/mol. The summed E-state index contributed by atoms with van der Waals surface area (Å²) in [5, 5.41) is 0. The summed E-state index contributed by atoms with van der Waals surface area (Å²) in [7, 11) is 0. The monoisotopic (exact) mass is 322 g/mol. The maximum atomic E-state index is 13.1. The van der Waals surface area contributed by atoms with Gasteiger partial charge in [0.1, 0.15) is 11.9 Å². The second-order valence-corrected chi connectivity index (χ2v) is 5.09. The minimum absolute atomic E-state index is 0.0890. The second kappa shape index (κ2) is 6.92. The van der Waals surface area contributed by atoms with Crippen molar-refractivity contribution in [2.45, 2.75) is 19.8 Å². The minimum Gasteiger partial charge on any atom is -0.385 e. The van der Waals surface area contributed by atoms with Gasteiger partial charge in [0.25, 0.3) is 5.88 Å². The summed E-state index contributed by atoms with van der Waals surface area (Å²) in [5.74, 6) is 2.88. The first-order chi connectivity index (χ1) is 11.7. The summed E-state index contributed by atoms with van der Waals surface area (Å²) in [4.78, 5) is 12.7. The van der Waals surface area contributed by atoms with E-state index in [1.54, 1.807) is 24.3 Å². The molecule has 0 atom stereocenters. The van der Waals surface area contributed by atoms with E-state index in [0.717, 1.165) is 18.4 Å². The molecular weight excluding hydrogens is 307 g/mol. The molecule has 2 aromatic heterocycles. The van der Waals surface area contributed by atoms with Crippen LogP contribution in [0.1, 0.15) is 19.8 Å². The number of nitrogen functional groups attached to an aromatic ring is 1. The van der Waals surface area contributed by atoms with Crippen LogP contribution < -0.4 is 10.5 Å². The van der Waals surface area contributed by atoms with Crippen molar-refractivity contribution in [2.24, 2.45) is 0 Å². The van der Waals surface area contributed by atoms with Gasteiger partial charge in [0.05, 0.1) is 11.2 Å². The molecule has 0 saturated heterocycles. The smallest absolute Gasteiger partial charge is 0.262 e. The van der Waals surface area contributed by atoms with Gasteiger partial charge in [-0.3, -0.25) is 0 Å². The molecule has 24 heavy (non-hydrogen) atoms. The van der Waals surface area contributed by atoms with Gasteiger partial charge >= 0.3 is 0 Å². The number of benzene rings is 1. The lowest BCUT2D eigenvalue weighted by Gasteiger charge is -2.06. The molecule has 2 N–H and O–H groups in total. The summed E-state index contributed by atoms with van der Waals surface area (Å²) in [5.41, 5.74) is 8.14. The topological polar surface area (TPSA) is 73.9 Å². The fraction of sp³-hybridized carbons (Fsp3) is 0.167. The Morgan fingerprint density at radius 2 is 1.88 bits per heavy atom. The van der Waals surface area contributed by atoms with E-state index in [-0.39, 0.29) is 17.6 Å². The largest absolute Gasteiger partial charge is 0.385 e. The standard InChI is InChI=1S/C18H15FN4O/c1-2-3-4-11-24-17-16-15(22-18(20)23-17)10-9-14(21-16)12-5-7-13(19)8-6-12/h5-10H,2-3H2,1H3,(H2,20,22,23). The SMILES string of the molecule is CCCC#COc1nc(N)nc2ccc(-c3ccc(F)cc3)nc12. The Labute approximate surface area is 138 Å². The van der Waals surface area contributed by atoms with E-state index in [1.165, 1.54) is 12.1 Å². The Balaban J connectivity index is 2.05. The number of pyridine rings is 1. The molecule has 0 aliphatic heterocycles. The number of unbranched alkanes of at least 4 members (excludes halogenated alkanes) is 1. The molecule has 5 nitrogen and oxygen atoms in total. The lowest BCUT2D eigenvalue weighted by Crippen LogP contribution is -2.00. The lowest BCUT2D eigenvalue weighted by molar-refractivity contribution is 0.502. The van der Waals surface area contributed by atoms with Crippen LogP contribution in [-0.2, 0) is 0 Å². The maximum absolute atomic E-state index is 13.1. The molecule has 6 heteroatoms. The van der Waals surface area contributed by atoms with Crippen LogP contribution in [0, 0.1) is 17.8 Å². The summed E-state index contributed by atoms with van der Waals surface area (Å²) in [6, 6.07) is 9.63. The average Bonchev–Trinajstić information content (AvgIpc) is 2.59. The quantitative estimate of drug-likeness (QED) is 0.746. The van der Waals surface area contributed by atoms with Crippen LogP contribution in [0.3, 0.4) is 0 Å². The van der Waals surface area contributed by atoms with Crippen molar-refractivity contribution >= 4 is 17.0 Å². The predicted octanol–water partition coefficient (Wildman–Crippen LogP) is 3.55. The molecule has 0 amide bonds. The van der Waals surface area contributed by atoms with Crippen LogP contribution in [-0.4, -0.2) is 15.0 Å². The third-order valence-corrected chi connectivity index (χ3v) is 3.26. The number of fused-ring (bicyclic) bond motifs is 1. The van der Waals surface area contributed by atoms with Crippen LogP contribution in [0.2, 0.25) is 0 Å². The first-order valence-electron chi connectivity index (χ1n) is 7.52. The second-order valence-electron chi connectivity index (χ2n) is 5.09. The highest BCUT2D eigenvalue weighted by Crippen LogP contribution is 2.25. The van der Waals surface area contributed by atoms with Gasteiger partial charge in [0, 0.05) is 12.0 Å². The van der Waals surface area contributed by atoms with Gasteiger partial charge in [-0.15, -0.1) is 0 Å². The van der Waals surface area contributed by atoms with Crippen LogP contribution in [0.25, 0.3) is 22.3 Å². The molecule has 0 aliphatic carbocycles. The zero-order valence-electron chi connectivity index (χ0n) is 13.1. The molecule has 120 valence electrons. The fourth-order valence-electron chi connectivity index (χ4n) is 2.12. The molecule has 3 rings (SSSR count). The number of ether oxygens (including phenoxy) is 1. The molecule has 0 bridgehead atoms. The normalized spacial score (nSPS) is 10.2. The fourth-order valence-corrected chi connectivity index (χ4v) is 2.12. The molecule has 3 aromatic rings. The number of rotatable bonds is 3. The van der Waals surface area contributed by atoms with Crippen LogP contribution in [0.5, 0.6) is 5.88 Å². The number of hydrogen-bond donors (Lipinski definition) is 1. The van der Waals surface area contributed by atoms with Crippen LogP contribution in [0.4, 0.5) is 10.3 Å². The molecule has 1 aromatic carbocycles. The Hall–Kier alpha value is -3.20. The Morgan fingerprint density at radius 3 is 2.62 bits per heavy atom. The van der Waals surface area contributed by atoms with E-state index in [1.807, 2.05) is 6.92 Å². The first-order valence-corrected chi connectivity index (χ1v) is 7.52. The lowest BCUT2D eigenvalue weighted by atomic mass is 10.1.